The molecule has 0 amide bonds. The maximum atomic E-state index is 8.25. The van der Waals surface area contributed by atoms with Crippen LogP contribution in [0.5, 0.6) is 5.75 Å². The summed E-state index contributed by atoms with van der Waals surface area (Å²) in [7, 11) is 3.94. The Morgan fingerprint density at radius 3 is 1.83 bits per heavy atom. The van der Waals surface area contributed by atoms with Gasteiger partial charge >= 0.3 is 21.1 Å². The van der Waals surface area contributed by atoms with E-state index in [2.05, 4.69) is 149 Å². The maximum Gasteiger partial charge on any atom is 2.00 e. The van der Waals surface area contributed by atoms with Gasteiger partial charge in [-0.05, 0) is 111 Å². The first kappa shape index (κ1) is 37.7. The number of aryl methyl sites for hydroxylation is 2. The fraction of sp³-hybridized carbons (Fsp3) is 0.154. The van der Waals surface area contributed by atoms with E-state index in [1.165, 1.54) is 17.7 Å². The molecule has 0 saturated carbocycles. The van der Waals surface area contributed by atoms with Gasteiger partial charge in [0.15, 0.2) is 0 Å². The summed E-state index contributed by atoms with van der Waals surface area (Å²) in [5, 5.41) is 0. The number of benzene rings is 8. The fourth-order valence-corrected chi connectivity index (χ4v) is 9.47. The third kappa shape index (κ3) is 9.34. The fourth-order valence-electron chi connectivity index (χ4n) is 9.47. The Morgan fingerprint density at radius 2 is 1.19 bits per heavy atom. The van der Waals surface area contributed by atoms with Crippen molar-refractivity contribution in [2.75, 3.05) is 0 Å². The molecule has 0 aliphatic rings. The zero-order valence-electron chi connectivity index (χ0n) is 48.7. The summed E-state index contributed by atoms with van der Waals surface area (Å²) >= 11 is 0. The van der Waals surface area contributed by atoms with Crippen LogP contribution in [0.25, 0.3) is 95.0 Å². The van der Waals surface area contributed by atoms with Gasteiger partial charge in [0.1, 0.15) is 5.82 Å². The maximum absolute atomic E-state index is 8.25. The van der Waals surface area contributed by atoms with Crippen LogP contribution in [0.1, 0.15) is 75.9 Å². The third-order valence-electron chi connectivity index (χ3n) is 12.8. The minimum atomic E-state index is -3.38. The molecule has 0 bridgehead atoms. The van der Waals surface area contributed by atoms with Crippen molar-refractivity contribution in [2.24, 2.45) is 0 Å². The van der Waals surface area contributed by atoms with Gasteiger partial charge in [-0.25, -0.2) is 4.98 Å². The van der Waals surface area contributed by atoms with Gasteiger partial charge in [-0.1, -0.05) is 198 Å². The van der Waals surface area contributed by atoms with E-state index in [0.717, 1.165) is 77.9 Å². The minimum absolute atomic E-state index is 0. The molecule has 2 heterocycles. The van der Waals surface area contributed by atoms with Crippen LogP contribution in [0.15, 0.2) is 188 Å². The molecule has 8 aromatic carbocycles. The molecule has 10 rings (SSSR count). The third-order valence-corrected chi connectivity index (χ3v) is 12.8. The number of ether oxygens (including phenoxy) is 1. The van der Waals surface area contributed by atoms with Crippen LogP contribution in [0.2, 0.25) is 0 Å². The van der Waals surface area contributed by atoms with Gasteiger partial charge in [0.25, 0.3) is 0 Å². The van der Waals surface area contributed by atoms with Gasteiger partial charge in [-0.15, -0.1) is 23.8 Å². The largest absolute Gasteiger partial charge is 2.00 e. The Bertz CT molecular complexity index is 3810. The second-order valence-corrected chi connectivity index (χ2v) is 18.8. The zero-order chi connectivity index (χ0) is 55.5. The van der Waals surface area contributed by atoms with E-state index in [9.17, 15) is 0 Å². The zero-order valence-corrected chi connectivity index (χ0v) is 41.9. The van der Waals surface area contributed by atoms with E-state index >= 15 is 0 Å². The second kappa shape index (κ2) is 19.3. The van der Waals surface area contributed by atoms with Crippen molar-refractivity contribution in [3.63, 3.8) is 0 Å². The number of imidazole rings is 1. The first-order valence-corrected chi connectivity index (χ1v) is 23.1. The molecule has 4 nitrogen and oxygen atoms in total. The Hall–Kier alpha value is -7.13. The van der Waals surface area contributed by atoms with Crippen molar-refractivity contribution < 1.29 is 38.1 Å². The van der Waals surface area contributed by atoms with E-state index < -0.39 is 26.0 Å². The van der Waals surface area contributed by atoms with Crippen LogP contribution >= 0.6 is 0 Å². The Kier molecular flexibility index (Phi) is 10.4. The van der Waals surface area contributed by atoms with E-state index in [1.807, 2.05) is 55.5 Å². The quantitative estimate of drug-likeness (QED) is 0.135. The summed E-state index contributed by atoms with van der Waals surface area (Å²) in [5.74, 6) is 1.28. The smallest absolute Gasteiger partial charge is 0.665 e. The first-order valence-electron chi connectivity index (χ1n) is 27.6. The summed E-state index contributed by atoms with van der Waals surface area (Å²) in [6, 6.07) is 63.3. The number of rotatable bonds is 9. The SMILES string of the molecule is [2H]C([2H])([2H])C(c1ccc(-c2ccnc(-c3[c-]c(-c4cccc5c4nc(-c4cc(C)cc(C)c4O[CH2-])n5-c4cc(-c5ccccc5)c(C(C)(C)C)cc4-c4ccccc4)cc(-c4ccccc4)c3)c2)cc1)(C([2H])([2H])[2H])C([2H])([2H])[2H].[Pt+2]. The van der Waals surface area contributed by atoms with Gasteiger partial charge in [-0.2, -0.15) is 7.11 Å². The first-order chi connectivity index (χ1) is 37.0. The van der Waals surface area contributed by atoms with Crippen molar-refractivity contribution in [1.29, 1.82) is 0 Å². The predicted molar refractivity (Wildman–Crippen MR) is 289 cm³/mol. The molecule has 5 heteroatoms. The van der Waals surface area contributed by atoms with E-state index in [0.29, 0.717) is 34.0 Å². The Morgan fingerprint density at radius 1 is 0.557 bits per heavy atom. The average molecular weight is 1100 g/mol. The molecule has 2 aromatic heterocycles. The van der Waals surface area contributed by atoms with Crippen LogP contribution in [-0.2, 0) is 31.9 Å². The van der Waals surface area contributed by atoms with E-state index in [1.54, 1.807) is 24.4 Å². The molecular formula is C65H57N3OPt. The minimum Gasteiger partial charge on any atom is -0.665 e. The molecule has 70 heavy (non-hydrogen) atoms. The molecule has 0 spiro atoms. The molecule has 0 radical (unpaired) electrons. The van der Waals surface area contributed by atoms with Crippen molar-refractivity contribution >= 4 is 11.0 Å². The molecule has 0 aliphatic carbocycles. The Balaban J connectivity index is 0.00000757. The number of aromatic nitrogens is 3. The van der Waals surface area contributed by atoms with Gasteiger partial charge in [0.05, 0.1) is 28.0 Å². The summed E-state index contributed by atoms with van der Waals surface area (Å²) in [4.78, 5) is 10.5. The number of pyridine rings is 1. The molecule has 0 unspecified atom stereocenters. The number of para-hydroxylation sites is 1. The molecule has 0 saturated heterocycles. The monoisotopic (exact) mass is 1100 g/mol. The van der Waals surface area contributed by atoms with Crippen LogP contribution in [0.3, 0.4) is 0 Å². The number of hydrogen-bond acceptors (Lipinski definition) is 3. The molecular weight excluding hydrogens is 1030 g/mol. The topological polar surface area (TPSA) is 39.9 Å². The average Bonchev–Trinajstić information content (AvgIpc) is 3.90. The Labute approximate surface area is 441 Å². The number of fused-ring (bicyclic) bond motifs is 1. The van der Waals surface area contributed by atoms with Crippen molar-refractivity contribution in [1.82, 2.24) is 14.5 Å². The number of hydrogen-bond donors (Lipinski definition) is 0. The summed E-state index contributed by atoms with van der Waals surface area (Å²) < 4.78 is 82.5. The van der Waals surface area contributed by atoms with Crippen LogP contribution in [-0.4, -0.2) is 14.5 Å². The van der Waals surface area contributed by atoms with Crippen molar-refractivity contribution in [2.45, 2.75) is 66.0 Å². The van der Waals surface area contributed by atoms with E-state index in [-0.39, 0.29) is 32.0 Å². The molecule has 0 fully saturated rings. The molecule has 0 atom stereocenters. The molecule has 348 valence electrons. The van der Waals surface area contributed by atoms with Crippen molar-refractivity contribution in [3.05, 3.63) is 224 Å². The second-order valence-electron chi connectivity index (χ2n) is 18.8. The van der Waals surface area contributed by atoms with Crippen LogP contribution < -0.4 is 4.74 Å². The van der Waals surface area contributed by atoms with Gasteiger partial charge in [-0.3, -0.25) is 9.55 Å². The molecule has 0 N–H and O–H groups in total. The summed E-state index contributed by atoms with van der Waals surface area (Å²) in [6.07, 6.45) is 1.67. The van der Waals surface area contributed by atoms with Gasteiger partial charge in [0.2, 0.25) is 0 Å². The van der Waals surface area contributed by atoms with Crippen LogP contribution in [0.4, 0.5) is 0 Å². The standard InChI is InChI=1S/C65H57N3O.Pt/c1-42-34-43(2)62(69-9)56(35-42)63-67-61-53(26-19-27-59(61)68(63)60-41-54(46-22-15-11-16-23-46)57(65(6,7)8)40-55(60)47-24-17-12-18-25-47)50-36-49(44-20-13-10-14-21-44)37-51(38-50)58-39-48(32-33-66-58)45-28-30-52(31-29-45)64(3,4)5;/h10-37,39-41H,9H2,1-8H3;/q-2;+2/i3D3,4D3,5D3;. The summed E-state index contributed by atoms with van der Waals surface area (Å²) in [6.45, 7) is 0.699. The normalized spacial score (nSPS) is 14.1. The number of nitrogens with zero attached hydrogens (tertiary/aromatic N) is 3. The summed E-state index contributed by atoms with van der Waals surface area (Å²) in [5.41, 5.74) is 13.0. The van der Waals surface area contributed by atoms with Gasteiger partial charge < -0.3 is 4.74 Å². The molecule has 10 aromatic rings. The predicted octanol–water partition coefficient (Wildman–Crippen LogP) is 17.3. The van der Waals surface area contributed by atoms with Crippen LogP contribution in [0, 0.1) is 27.0 Å². The van der Waals surface area contributed by atoms with Gasteiger partial charge in [0, 0.05) is 29.8 Å². The molecule has 0 aliphatic heterocycles. The van der Waals surface area contributed by atoms with E-state index in [4.69, 9.17) is 27.0 Å². The van der Waals surface area contributed by atoms with Crippen molar-refractivity contribution in [3.8, 4) is 89.7 Å².